The van der Waals surface area contributed by atoms with Crippen LogP contribution in [0.5, 0.6) is 11.5 Å². The van der Waals surface area contributed by atoms with Crippen LogP contribution in [0.1, 0.15) is 12.3 Å². The van der Waals surface area contributed by atoms with Gasteiger partial charge in [0, 0.05) is 25.1 Å². The third-order valence-electron chi connectivity index (χ3n) is 4.53. The standard InChI is InChI=1S/C22H24N2O3/c1-24(2)13-15-25-14-7-12-20-23-21-16-8-3-5-10-18(16)26-19-11-6-4-9-17(19)22(21)27-20/h3-6,8-11H,7,12-15H2,1-2H3. The van der Waals surface area contributed by atoms with Gasteiger partial charge >= 0.3 is 0 Å². The lowest BCUT2D eigenvalue weighted by molar-refractivity contribution is 0.115. The topological polar surface area (TPSA) is 47.7 Å². The van der Waals surface area contributed by atoms with Crippen molar-refractivity contribution in [3.05, 3.63) is 54.4 Å². The van der Waals surface area contributed by atoms with Gasteiger partial charge in [-0.15, -0.1) is 0 Å². The molecule has 140 valence electrons. The first kappa shape index (κ1) is 17.8. The lowest BCUT2D eigenvalue weighted by atomic mass is 10.1. The van der Waals surface area contributed by atoms with Gasteiger partial charge in [-0.25, -0.2) is 4.98 Å². The lowest BCUT2D eigenvalue weighted by Gasteiger charge is -2.09. The summed E-state index contributed by atoms with van der Waals surface area (Å²) >= 11 is 0. The van der Waals surface area contributed by atoms with Gasteiger partial charge in [-0.3, -0.25) is 0 Å². The Labute approximate surface area is 159 Å². The monoisotopic (exact) mass is 364 g/mol. The number of hydrogen-bond donors (Lipinski definition) is 0. The van der Waals surface area contributed by atoms with Crippen LogP contribution in [0.4, 0.5) is 0 Å². The molecule has 0 N–H and O–H groups in total. The Bertz CT molecular complexity index is 854. The van der Waals surface area contributed by atoms with Crippen molar-refractivity contribution in [2.45, 2.75) is 12.8 Å². The van der Waals surface area contributed by atoms with Gasteiger partial charge in [-0.05, 0) is 44.8 Å². The molecule has 0 saturated carbocycles. The highest BCUT2D eigenvalue weighted by Crippen LogP contribution is 2.46. The average Bonchev–Trinajstić information content (AvgIpc) is 3.04. The van der Waals surface area contributed by atoms with E-state index in [0.29, 0.717) is 6.61 Å². The fraction of sp³-hybridized carbons (Fsp3) is 0.318. The van der Waals surface area contributed by atoms with Crippen LogP contribution in [0, 0.1) is 0 Å². The number of hydrogen-bond acceptors (Lipinski definition) is 5. The van der Waals surface area contributed by atoms with E-state index < -0.39 is 0 Å². The molecule has 0 radical (unpaired) electrons. The maximum atomic E-state index is 6.16. The molecule has 27 heavy (non-hydrogen) atoms. The summed E-state index contributed by atoms with van der Waals surface area (Å²) in [6.07, 6.45) is 1.63. The Morgan fingerprint density at radius 2 is 1.63 bits per heavy atom. The van der Waals surface area contributed by atoms with E-state index >= 15 is 0 Å². The number of aromatic nitrogens is 1. The van der Waals surface area contributed by atoms with E-state index in [-0.39, 0.29) is 0 Å². The third-order valence-corrected chi connectivity index (χ3v) is 4.53. The Balaban J connectivity index is 1.55. The third kappa shape index (κ3) is 3.89. The van der Waals surface area contributed by atoms with Gasteiger partial charge in [0.2, 0.25) is 0 Å². The second-order valence-corrected chi connectivity index (χ2v) is 6.90. The molecule has 0 saturated heterocycles. The average molecular weight is 364 g/mol. The molecule has 0 spiro atoms. The van der Waals surface area contributed by atoms with Crippen molar-refractivity contribution >= 4 is 0 Å². The number of oxazole rings is 1. The van der Waals surface area contributed by atoms with Crippen molar-refractivity contribution in [3.63, 3.8) is 0 Å². The second kappa shape index (κ2) is 7.94. The van der Waals surface area contributed by atoms with Crippen molar-refractivity contribution in [1.82, 2.24) is 9.88 Å². The molecular formula is C22H24N2O3. The van der Waals surface area contributed by atoms with Crippen molar-refractivity contribution < 1.29 is 13.9 Å². The van der Waals surface area contributed by atoms with Gasteiger partial charge < -0.3 is 18.8 Å². The van der Waals surface area contributed by atoms with Gasteiger partial charge in [0.1, 0.15) is 17.2 Å². The maximum Gasteiger partial charge on any atom is 0.195 e. The minimum Gasteiger partial charge on any atom is -0.456 e. The van der Waals surface area contributed by atoms with Crippen LogP contribution in [0.15, 0.2) is 52.9 Å². The number of fused-ring (bicyclic) bond motifs is 5. The molecule has 1 aromatic heterocycles. The van der Waals surface area contributed by atoms with E-state index in [1.54, 1.807) is 0 Å². The van der Waals surface area contributed by atoms with Crippen molar-refractivity contribution in [2.75, 3.05) is 33.9 Å². The van der Waals surface area contributed by atoms with Gasteiger partial charge in [0.05, 0.1) is 12.2 Å². The van der Waals surface area contributed by atoms with Crippen molar-refractivity contribution in [1.29, 1.82) is 0 Å². The Kier molecular flexibility index (Phi) is 5.23. The number of likely N-dealkylation sites (N-methyl/N-ethyl adjacent to an activating group) is 1. The lowest BCUT2D eigenvalue weighted by Crippen LogP contribution is -2.18. The molecule has 2 aromatic carbocycles. The van der Waals surface area contributed by atoms with E-state index in [9.17, 15) is 0 Å². The maximum absolute atomic E-state index is 6.16. The van der Waals surface area contributed by atoms with E-state index in [1.165, 1.54) is 0 Å². The van der Waals surface area contributed by atoms with Crippen LogP contribution in [-0.2, 0) is 11.2 Å². The number of nitrogens with zero attached hydrogens (tertiary/aromatic N) is 2. The minimum absolute atomic E-state index is 0.706. The Morgan fingerprint density at radius 3 is 2.41 bits per heavy atom. The number of ether oxygens (including phenoxy) is 2. The summed E-state index contributed by atoms with van der Waals surface area (Å²) in [4.78, 5) is 6.90. The molecule has 3 aromatic rings. The molecule has 0 bridgehead atoms. The largest absolute Gasteiger partial charge is 0.456 e. The molecular weight excluding hydrogens is 340 g/mol. The molecule has 4 rings (SSSR count). The Morgan fingerprint density at radius 1 is 0.926 bits per heavy atom. The zero-order valence-corrected chi connectivity index (χ0v) is 15.8. The molecule has 0 amide bonds. The number of benzene rings is 2. The fourth-order valence-electron chi connectivity index (χ4n) is 3.12. The number of rotatable bonds is 7. The number of aryl methyl sites for hydroxylation is 1. The first-order chi connectivity index (χ1) is 13.2. The van der Waals surface area contributed by atoms with Crippen molar-refractivity contribution in [3.8, 4) is 34.1 Å². The normalized spacial score (nSPS) is 12.1. The van der Waals surface area contributed by atoms with E-state index in [1.807, 2.05) is 62.6 Å². The van der Waals surface area contributed by atoms with Crippen LogP contribution >= 0.6 is 0 Å². The smallest absolute Gasteiger partial charge is 0.195 e. The van der Waals surface area contributed by atoms with Crippen LogP contribution in [0.2, 0.25) is 0 Å². The Hall–Kier alpha value is -2.63. The molecule has 1 aliphatic heterocycles. The predicted octanol–water partition coefficient (Wildman–Crippen LogP) is 4.63. The quantitative estimate of drug-likeness (QED) is 0.448. The first-order valence-electron chi connectivity index (χ1n) is 9.31. The summed E-state index contributed by atoms with van der Waals surface area (Å²) in [6, 6.07) is 15.9. The van der Waals surface area contributed by atoms with Gasteiger partial charge in [-0.2, -0.15) is 0 Å². The SMILES string of the molecule is CN(C)CCOCCCc1nc2c(o1)-c1ccccc1Oc1ccccc1-2. The summed E-state index contributed by atoms with van der Waals surface area (Å²) in [5, 5.41) is 0. The van der Waals surface area contributed by atoms with Crippen LogP contribution in [-0.4, -0.2) is 43.7 Å². The highest BCUT2D eigenvalue weighted by Gasteiger charge is 2.25. The summed E-state index contributed by atoms with van der Waals surface area (Å²) in [5.41, 5.74) is 2.74. The van der Waals surface area contributed by atoms with Gasteiger partial charge in [0.25, 0.3) is 0 Å². The van der Waals surface area contributed by atoms with E-state index in [0.717, 1.165) is 66.0 Å². The summed E-state index contributed by atoms with van der Waals surface area (Å²) < 4.78 is 17.9. The fourth-order valence-corrected chi connectivity index (χ4v) is 3.12. The summed E-state index contributed by atoms with van der Waals surface area (Å²) in [7, 11) is 4.09. The van der Waals surface area contributed by atoms with Crippen LogP contribution < -0.4 is 4.74 Å². The summed E-state index contributed by atoms with van der Waals surface area (Å²) in [5.74, 6) is 3.11. The molecule has 0 fully saturated rings. The zero-order valence-electron chi connectivity index (χ0n) is 15.8. The minimum atomic E-state index is 0.706. The van der Waals surface area contributed by atoms with Gasteiger partial charge in [-0.1, -0.05) is 24.3 Å². The zero-order chi connectivity index (χ0) is 18.6. The molecule has 2 heterocycles. The molecule has 0 atom stereocenters. The summed E-state index contributed by atoms with van der Waals surface area (Å²) in [6.45, 7) is 2.38. The van der Waals surface area contributed by atoms with Gasteiger partial charge in [0.15, 0.2) is 11.7 Å². The molecule has 0 unspecified atom stereocenters. The predicted molar refractivity (Wildman–Crippen MR) is 105 cm³/mol. The molecule has 0 aliphatic carbocycles. The molecule has 5 nitrogen and oxygen atoms in total. The van der Waals surface area contributed by atoms with E-state index in [4.69, 9.17) is 18.9 Å². The molecule has 5 heteroatoms. The second-order valence-electron chi connectivity index (χ2n) is 6.90. The molecule has 1 aliphatic rings. The first-order valence-corrected chi connectivity index (χ1v) is 9.31. The van der Waals surface area contributed by atoms with E-state index in [2.05, 4.69) is 4.90 Å². The van der Waals surface area contributed by atoms with Crippen molar-refractivity contribution in [2.24, 2.45) is 0 Å². The number of para-hydroxylation sites is 2. The van der Waals surface area contributed by atoms with Crippen LogP contribution in [0.3, 0.4) is 0 Å². The van der Waals surface area contributed by atoms with Crippen LogP contribution in [0.25, 0.3) is 22.6 Å². The highest BCUT2D eigenvalue weighted by molar-refractivity contribution is 5.85. The highest BCUT2D eigenvalue weighted by atomic mass is 16.5.